The van der Waals surface area contributed by atoms with Gasteiger partial charge >= 0.3 is 11.7 Å². The first kappa shape index (κ1) is 38.4. The summed E-state index contributed by atoms with van der Waals surface area (Å²) >= 11 is 0. The lowest BCUT2D eigenvalue weighted by atomic mass is 9.92. The number of carbonyl (C=O) groups excluding carboxylic acids is 3. The van der Waals surface area contributed by atoms with Crippen molar-refractivity contribution in [2.75, 3.05) is 31.3 Å². The first-order chi connectivity index (χ1) is 28.3. The lowest BCUT2D eigenvalue weighted by molar-refractivity contribution is -0.144. The number of imide groups is 1. The number of rotatable bonds is 11. The molecule has 2 aromatic carbocycles. The average molecular weight is 797 g/mol. The highest BCUT2D eigenvalue weighted by atomic mass is 16.3. The number of amides is 4. The van der Waals surface area contributed by atoms with E-state index in [0.717, 1.165) is 31.9 Å². The molecule has 0 spiro atoms. The first-order valence-corrected chi connectivity index (χ1v) is 18.6. The SMILES string of the molecule is CN1C(=O)N(C)C2N=CN(CC(O)Nc3ccc(-c4cncc(Cn5c(=O)c6c(ncn6CC(=O)Nc6ccc(-c7ccccn7)cc6)n(C)c5=O)c4)cc3)C2(C)C1=O. The molecule has 3 atom stereocenters. The molecule has 2 aliphatic heterocycles. The Morgan fingerprint density at radius 1 is 0.898 bits per heavy atom. The summed E-state index contributed by atoms with van der Waals surface area (Å²) < 4.78 is 3.79. The van der Waals surface area contributed by atoms with Gasteiger partial charge in [0.05, 0.1) is 31.4 Å². The van der Waals surface area contributed by atoms with Crippen molar-refractivity contribution in [3.05, 3.63) is 124 Å². The van der Waals surface area contributed by atoms with Crippen LogP contribution in [-0.2, 0) is 29.7 Å². The number of β-amino-alcohol motifs (C(OH)–C–C–N with tert-alkyl or cyclic N) is 1. The van der Waals surface area contributed by atoms with Crippen molar-refractivity contribution >= 4 is 46.7 Å². The zero-order valence-electron chi connectivity index (χ0n) is 32.6. The van der Waals surface area contributed by atoms with E-state index in [4.69, 9.17) is 0 Å². The van der Waals surface area contributed by atoms with Crippen molar-refractivity contribution in [1.82, 2.24) is 43.4 Å². The number of aliphatic imine (C=N–C) groups is 1. The van der Waals surface area contributed by atoms with Crippen molar-refractivity contribution in [1.29, 1.82) is 0 Å². The molecule has 2 aliphatic rings. The van der Waals surface area contributed by atoms with Gasteiger partial charge in [-0.2, -0.15) is 0 Å². The van der Waals surface area contributed by atoms with Gasteiger partial charge in [0.2, 0.25) is 5.91 Å². The Bertz CT molecular complexity index is 2750. The minimum atomic E-state index is -1.17. The van der Waals surface area contributed by atoms with Crippen LogP contribution in [0.4, 0.5) is 16.2 Å². The first-order valence-electron chi connectivity index (χ1n) is 18.6. The molecule has 0 radical (unpaired) electrons. The van der Waals surface area contributed by atoms with Crippen LogP contribution in [0.25, 0.3) is 33.5 Å². The van der Waals surface area contributed by atoms with E-state index < -0.39 is 41.1 Å². The Morgan fingerprint density at radius 2 is 1.63 bits per heavy atom. The number of hydrogen-bond donors (Lipinski definition) is 3. The molecule has 18 nitrogen and oxygen atoms in total. The van der Waals surface area contributed by atoms with Crippen LogP contribution >= 0.6 is 0 Å². The van der Waals surface area contributed by atoms with E-state index in [1.807, 2.05) is 48.5 Å². The van der Waals surface area contributed by atoms with Crippen LogP contribution in [-0.4, -0.2) is 111 Å². The number of anilines is 2. The molecule has 3 unspecified atom stereocenters. The largest absolute Gasteiger partial charge is 0.372 e. The van der Waals surface area contributed by atoms with Crippen molar-refractivity contribution in [3.63, 3.8) is 0 Å². The summed E-state index contributed by atoms with van der Waals surface area (Å²) in [6, 6.07) is 21.5. The Morgan fingerprint density at radius 3 is 2.36 bits per heavy atom. The highest BCUT2D eigenvalue weighted by Crippen LogP contribution is 2.34. The minimum Gasteiger partial charge on any atom is -0.372 e. The van der Waals surface area contributed by atoms with Gasteiger partial charge in [-0.15, -0.1) is 0 Å². The van der Waals surface area contributed by atoms with E-state index in [2.05, 4.69) is 30.6 Å². The van der Waals surface area contributed by atoms with Crippen LogP contribution in [0.3, 0.4) is 0 Å². The molecule has 0 bridgehead atoms. The molecule has 1 saturated heterocycles. The van der Waals surface area contributed by atoms with E-state index in [-0.39, 0.29) is 36.7 Å². The van der Waals surface area contributed by atoms with Crippen LogP contribution in [0.2, 0.25) is 0 Å². The number of nitrogens with zero attached hydrogens (tertiary/aromatic N) is 10. The Balaban J connectivity index is 0.941. The molecule has 0 aliphatic carbocycles. The molecule has 0 saturated carbocycles. The number of aliphatic hydroxyl groups excluding tert-OH is 1. The van der Waals surface area contributed by atoms with Crippen molar-refractivity contribution in [2.45, 2.75) is 37.9 Å². The number of pyridine rings is 2. The minimum absolute atomic E-state index is 0.0205. The molecule has 18 heteroatoms. The summed E-state index contributed by atoms with van der Waals surface area (Å²) in [7, 11) is 4.53. The van der Waals surface area contributed by atoms with E-state index >= 15 is 0 Å². The summed E-state index contributed by atoms with van der Waals surface area (Å²) in [5.41, 5.74) is 2.90. The van der Waals surface area contributed by atoms with E-state index in [1.165, 1.54) is 40.8 Å². The van der Waals surface area contributed by atoms with Crippen molar-refractivity contribution in [3.8, 4) is 22.4 Å². The standard InChI is InChI=1S/C41H40N12O6/c1-41-37(49(3)39(58)50(4)38(41)57)45-24-52(41)22-33(55)47-29-12-8-26(9-13-29)28-17-25(18-42-19-28)20-53-36(56)34-35(48(2)40(53)59)44-23-51(34)21-32(54)46-30-14-10-27(11-15-30)31-7-5-6-16-43-31/h5-19,23-24,33,37,47,55H,20-22H2,1-4H3,(H,46,54). The van der Waals surface area contributed by atoms with Gasteiger partial charge in [-0.3, -0.25) is 38.4 Å². The summed E-state index contributed by atoms with van der Waals surface area (Å²) in [4.78, 5) is 87.5. The van der Waals surface area contributed by atoms with Crippen LogP contribution < -0.4 is 21.9 Å². The number of hydrogen-bond acceptors (Lipinski definition) is 12. The smallest absolute Gasteiger partial charge is 0.332 e. The molecule has 4 aromatic heterocycles. The van der Waals surface area contributed by atoms with Gasteiger partial charge in [0.1, 0.15) is 12.8 Å². The fourth-order valence-corrected chi connectivity index (χ4v) is 7.56. The zero-order valence-corrected chi connectivity index (χ0v) is 32.6. The number of aliphatic hydroxyl groups is 1. The van der Waals surface area contributed by atoms with Gasteiger partial charge < -0.3 is 30.1 Å². The number of urea groups is 1. The molecular weight excluding hydrogens is 757 g/mol. The number of nitrogens with one attached hydrogen (secondary N) is 2. The number of imidazole rings is 1. The van der Waals surface area contributed by atoms with Crippen LogP contribution in [0, 0.1) is 0 Å². The summed E-state index contributed by atoms with van der Waals surface area (Å²) in [5.74, 6) is -0.792. The molecular formula is C41H40N12O6. The van der Waals surface area contributed by atoms with Crippen LogP contribution in [0.5, 0.6) is 0 Å². The zero-order chi connectivity index (χ0) is 41.6. The number of carbonyl (C=O) groups is 3. The number of fused-ring (bicyclic) bond motifs is 2. The normalized spacial score (nSPS) is 18.1. The molecule has 1 fully saturated rings. The molecule has 8 rings (SSSR count). The fraction of sp³-hybridized carbons (Fsp3) is 0.244. The second-order valence-electron chi connectivity index (χ2n) is 14.6. The van der Waals surface area contributed by atoms with Gasteiger partial charge in [-0.1, -0.05) is 30.3 Å². The Labute approximate surface area is 336 Å². The maximum Gasteiger partial charge on any atom is 0.332 e. The lowest BCUT2D eigenvalue weighted by Crippen LogP contribution is -2.71. The Kier molecular flexibility index (Phi) is 9.85. The van der Waals surface area contributed by atoms with E-state index in [9.17, 15) is 29.1 Å². The quantitative estimate of drug-likeness (QED) is 0.162. The van der Waals surface area contributed by atoms with E-state index in [1.54, 1.807) is 61.7 Å². The van der Waals surface area contributed by atoms with Gasteiger partial charge in [-0.05, 0) is 60.5 Å². The third-order valence-corrected chi connectivity index (χ3v) is 10.7. The lowest BCUT2D eigenvalue weighted by Gasteiger charge is -2.47. The molecule has 300 valence electrons. The monoisotopic (exact) mass is 796 g/mol. The second kappa shape index (κ2) is 15.1. The van der Waals surface area contributed by atoms with Crippen molar-refractivity contribution < 1.29 is 19.5 Å². The second-order valence-corrected chi connectivity index (χ2v) is 14.6. The number of likely N-dealkylation sites (N-methyl/N-ethyl adjacent to an activating group) is 2. The highest BCUT2D eigenvalue weighted by Gasteiger charge is 2.58. The molecule has 59 heavy (non-hydrogen) atoms. The van der Waals surface area contributed by atoms with Gasteiger partial charge in [0.15, 0.2) is 22.9 Å². The number of aryl methyl sites for hydroxylation is 1. The molecule has 4 amide bonds. The Hall–Kier alpha value is -7.47. The maximum absolute atomic E-state index is 13.9. The van der Waals surface area contributed by atoms with Gasteiger partial charge in [0.25, 0.3) is 11.5 Å². The number of aromatic nitrogens is 6. The molecule has 6 heterocycles. The fourth-order valence-electron chi connectivity index (χ4n) is 7.56. The summed E-state index contributed by atoms with van der Waals surface area (Å²) in [6.07, 6.45) is 6.00. The molecule has 6 aromatic rings. The summed E-state index contributed by atoms with van der Waals surface area (Å²) in [6.45, 7) is 1.42. The van der Waals surface area contributed by atoms with Crippen molar-refractivity contribution in [2.24, 2.45) is 12.0 Å². The predicted octanol–water partition coefficient (Wildman–Crippen LogP) is 2.39. The predicted molar refractivity (Wildman–Crippen MR) is 219 cm³/mol. The maximum atomic E-state index is 13.9. The average Bonchev–Trinajstić information content (AvgIpc) is 3.82. The number of benzene rings is 2. The topological polar surface area (TPSA) is 205 Å². The summed E-state index contributed by atoms with van der Waals surface area (Å²) in [5, 5.41) is 16.9. The highest BCUT2D eigenvalue weighted by molar-refractivity contribution is 6.04. The van der Waals surface area contributed by atoms with Crippen LogP contribution in [0.15, 0.2) is 112 Å². The van der Waals surface area contributed by atoms with E-state index in [0.29, 0.717) is 16.9 Å². The van der Waals surface area contributed by atoms with Gasteiger partial charge in [-0.25, -0.2) is 19.6 Å². The molecule has 3 N–H and O–H groups in total. The third kappa shape index (κ3) is 6.98. The third-order valence-electron chi connectivity index (χ3n) is 10.7. The van der Waals surface area contributed by atoms with Gasteiger partial charge in [0, 0.05) is 62.2 Å². The van der Waals surface area contributed by atoms with Crippen LogP contribution in [0.1, 0.15) is 12.5 Å².